The van der Waals surface area contributed by atoms with Crippen LogP contribution in [0.3, 0.4) is 0 Å². The Labute approximate surface area is 153 Å². The standard InChI is InChI=1S/C19H26N2O5/c1-14(22)21(12-18(23)24)17-7-4-9-20(10-8-17)19(25)16-6-3-5-15(11-16)13-26-2/h3,5-6,11,17H,4,7-10,12-13H2,1-2H3,(H,23,24). The van der Waals surface area contributed by atoms with E-state index in [0.717, 1.165) is 12.0 Å². The van der Waals surface area contributed by atoms with Crippen LogP contribution in [0.25, 0.3) is 0 Å². The van der Waals surface area contributed by atoms with Crippen LogP contribution in [0.1, 0.15) is 42.1 Å². The summed E-state index contributed by atoms with van der Waals surface area (Å²) in [7, 11) is 1.61. The number of carboxylic acids is 1. The minimum absolute atomic E-state index is 0.0452. The Bertz CT molecular complexity index is 661. The van der Waals surface area contributed by atoms with Gasteiger partial charge in [-0.2, -0.15) is 0 Å². The van der Waals surface area contributed by atoms with Gasteiger partial charge in [0.15, 0.2) is 0 Å². The molecule has 7 heteroatoms. The highest BCUT2D eigenvalue weighted by Gasteiger charge is 2.27. The molecule has 1 aliphatic heterocycles. The van der Waals surface area contributed by atoms with Crippen molar-refractivity contribution in [1.82, 2.24) is 9.80 Å². The van der Waals surface area contributed by atoms with Gasteiger partial charge >= 0.3 is 5.97 Å². The van der Waals surface area contributed by atoms with Crippen LogP contribution < -0.4 is 0 Å². The molecule has 0 spiro atoms. The van der Waals surface area contributed by atoms with Gasteiger partial charge in [0.25, 0.3) is 5.91 Å². The Morgan fingerprint density at radius 2 is 2.04 bits per heavy atom. The molecule has 142 valence electrons. The highest BCUT2D eigenvalue weighted by molar-refractivity contribution is 5.94. The van der Waals surface area contributed by atoms with E-state index >= 15 is 0 Å². The monoisotopic (exact) mass is 362 g/mol. The average Bonchev–Trinajstić information content (AvgIpc) is 2.85. The van der Waals surface area contributed by atoms with Gasteiger partial charge in [0.05, 0.1) is 6.61 Å². The van der Waals surface area contributed by atoms with Crippen molar-refractivity contribution < 1.29 is 24.2 Å². The zero-order valence-corrected chi connectivity index (χ0v) is 15.3. The fraction of sp³-hybridized carbons (Fsp3) is 0.526. The van der Waals surface area contributed by atoms with Crippen LogP contribution in [0, 0.1) is 0 Å². The third kappa shape index (κ3) is 5.29. The molecule has 2 amide bonds. The molecule has 1 heterocycles. The Morgan fingerprint density at radius 3 is 2.69 bits per heavy atom. The summed E-state index contributed by atoms with van der Waals surface area (Å²) >= 11 is 0. The van der Waals surface area contributed by atoms with Gasteiger partial charge in [0, 0.05) is 38.7 Å². The molecule has 1 fully saturated rings. The number of aliphatic carboxylic acids is 1. The minimum Gasteiger partial charge on any atom is -0.480 e. The SMILES string of the molecule is COCc1cccc(C(=O)N2CCCC(N(CC(=O)O)C(C)=O)CC2)c1. The maximum Gasteiger partial charge on any atom is 0.323 e. The molecule has 7 nitrogen and oxygen atoms in total. The van der Waals surface area contributed by atoms with E-state index in [1.807, 2.05) is 18.2 Å². The number of amides is 2. The Morgan fingerprint density at radius 1 is 1.27 bits per heavy atom. The first-order valence-corrected chi connectivity index (χ1v) is 8.78. The maximum absolute atomic E-state index is 12.8. The molecule has 0 aliphatic carbocycles. The molecule has 1 unspecified atom stereocenters. The predicted octanol–water partition coefficient (Wildman–Crippen LogP) is 1.76. The summed E-state index contributed by atoms with van der Waals surface area (Å²) < 4.78 is 5.11. The lowest BCUT2D eigenvalue weighted by atomic mass is 10.1. The Hall–Kier alpha value is -2.41. The van der Waals surface area contributed by atoms with Crippen LogP contribution in [0.4, 0.5) is 0 Å². The molecule has 26 heavy (non-hydrogen) atoms. The van der Waals surface area contributed by atoms with Gasteiger partial charge in [0.1, 0.15) is 6.54 Å². The summed E-state index contributed by atoms with van der Waals surface area (Å²) in [4.78, 5) is 38.8. The Balaban J connectivity index is 2.05. The number of likely N-dealkylation sites (tertiary alicyclic amines) is 1. The lowest BCUT2D eigenvalue weighted by Gasteiger charge is -2.28. The number of methoxy groups -OCH3 is 1. The first-order valence-electron chi connectivity index (χ1n) is 8.78. The number of benzene rings is 1. The van der Waals surface area contributed by atoms with E-state index in [2.05, 4.69) is 0 Å². The van der Waals surface area contributed by atoms with Crippen molar-refractivity contribution in [3.8, 4) is 0 Å². The van der Waals surface area contributed by atoms with Crippen molar-refractivity contribution >= 4 is 17.8 Å². The van der Waals surface area contributed by atoms with E-state index in [9.17, 15) is 14.4 Å². The number of nitrogens with zero attached hydrogens (tertiary/aromatic N) is 2. The summed E-state index contributed by atoms with van der Waals surface area (Å²) in [5, 5.41) is 9.02. The van der Waals surface area contributed by atoms with Gasteiger partial charge in [0.2, 0.25) is 5.91 Å². The molecule has 1 atom stereocenters. The number of carbonyl (C=O) groups is 3. The van der Waals surface area contributed by atoms with E-state index in [4.69, 9.17) is 9.84 Å². The molecule has 1 saturated heterocycles. The third-order valence-electron chi connectivity index (χ3n) is 4.62. The first-order chi connectivity index (χ1) is 12.4. The van der Waals surface area contributed by atoms with Gasteiger partial charge in [-0.15, -0.1) is 0 Å². The van der Waals surface area contributed by atoms with Gasteiger partial charge < -0.3 is 19.6 Å². The molecule has 1 aliphatic rings. The molecule has 1 aromatic carbocycles. The topological polar surface area (TPSA) is 87.2 Å². The van der Waals surface area contributed by atoms with Crippen molar-refractivity contribution in [2.45, 2.75) is 38.8 Å². The van der Waals surface area contributed by atoms with Crippen LogP contribution in [-0.2, 0) is 20.9 Å². The summed E-state index contributed by atoms with van der Waals surface area (Å²) in [6.07, 6.45) is 2.01. The van der Waals surface area contributed by atoms with Gasteiger partial charge in [-0.1, -0.05) is 12.1 Å². The summed E-state index contributed by atoms with van der Waals surface area (Å²) in [6.45, 7) is 2.64. The lowest BCUT2D eigenvalue weighted by Crippen LogP contribution is -2.43. The largest absolute Gasteiger partial charge is 0.480 e. The van der Waals surface area contributed by atoms with Crippen molar-refractivity contribution in [3.63, 3.8) is 0 Å². The second kappa shape index (κ2) is 9.33. The van der Waals surface area contributed by atoms with Gasteiger partial charge in [-0.3, -0.25) is 14.4 Å². The van der Waals surface area contributed by atoms with Crippen LogP contribution in [0.2, 0.25) is 0 Å². The predicted molar refractivity (Wildman–Crippen MR) is 95.7 cm³/mol. The van der Waals surface area contributed by atoms with Crippen molar-refractivity contribution in [2.75, 3.05) is 26.7 Å². The second-order valence-corrected chi connectivity index (χ2v) is 6.55. The average molecular weight is 362 g/mol. The number of hydrogen-bond donors (Lipinski definition) is 1. The molecule has 0 bridgehead atoms. The summed E-state index contributed by atoms with van der Waals surface area (Å²) in [6, 6.07) is 7.22. The number of ether oxygens (including phenoxy) is 1. The zero-order chi connectivity index (χ0) is 19.1. The highest BCUT2D eigenvalue weighted by Crippen LogP contribution is 2.19. The summed E-state index contributed by atoms with van der Waals surface area (Å²) in [5.74, 6) is -1.31. The number of hydrogen-bond acceptors (Lipinski definition) is 4. The molecule has 1 aromatic rings. The van der Waals surface area contributed by atoms with Gasteiger partial charge in [-0.25, -0.2) is 0 Å². The molecule has 1 N–H and O–H groups in total. The second-order valence-electron chi connectivity index (χ2n) is 6.55. The number of carboxylic acid groups (broad SMARTS) is 1. The molecular formula is C19H26N2O5. The normalized spacial score (nSPS) is 17.5. The van der Waals surface area contributed by atoms with Crippen molar-refractivity contribution in [3.05, 3.63) is 35.4 Å². The highest BCUT2D eigenvalue weighted by atomic mass is 16.5. The first kappa shape index (κ1) is 19.9. The van der Waals surface area contributed by atoms with E-state index in [1.54, 1.807) is 18.1 Å². The molecule has 0 aromatic heterocycles. The van der Waals surface area contributed by atoms with E-state index in [-0.39, 0.29) is 24.4 Å². The number of carbonyl (C=O) groups excluding carboxylic acids is 2. The van der Waals surface area contributed by atoms with E-state index in [0.29, 0.717) is 38.1 Å². The smallest absolute Gasteiger partial charge is 0.323 e. The molecule has 0 saturated carbocycles. The third-order valence-corrected chi connectivity index (χ3v) is 4.62. The molecule has 2 rings (SSSR count). The van der Waals surface area contributed by atoms with Crippen LogP contribution in [0.5, 0.6) is 0 Å². The quantitative estimate of drug-likeness (QED) is 0.833. The van der Waals surface area contributed by atoms with Crippen LogP contribution in [0.15, 0.2) is 24.3 Å². The van der Waals surface area contributed by atoms with Crippen molar-refractivity contribution in [2.24, 2.45) is 0 Å². The zero-order valence-electron chi connectivity index (χ0n) is 15.3. The molecular weight excluding hydrogens is 336 g/mol. The fourth-order valence-electron chi connectivity index (χ4n) is 3.38. The van der Waals surface area contributed by atoms with Gasteiger partial charge in [-0.05, 0) is 37.0 Å². The molecule has 0 radical (unpaired) electrons. The minimum atomic E-state index is -1.02. The Kier molecular flexibility index (Phi) is 7.15. The van der Waals surface area contributed by atoms with Crippen molar-refractivity contribution in [1.29, 1.82) is 0 Å². The van der Waals surface area contributed by atoms with Crippen LogP contribution >= 0.6 is 0 Å². The summed E-state index contributed by atoms with van der Waals surface area (Å²) in [5.41, 5.74) is 1.56. The number of rotatable bonds is 6. The van der Waals surface area contributed by atoms with E-state index < -0.39 is 5.97 Å². The maximum atomic E-state index is 12.8. The fourth-order valence-corrected chi connectivity index (χ4v) is 3.38. The van der Waals surface area contributed by atoms with E-state index in [1.165, 1.54) is 11.8 Å². The lowest BCUT2D eigenvalue weighted by molar-refractivity contribution is -0.145. The van der Waals surface area contributed by atoms with Crippen LogP contribution in [-0.4, -0.2) is 65.5 Å².